The Labute approximate surface area is 214 Å². The smallest absolute Gasteiger partial charge is 0.261 e. The summed E-state index contributed by atoms with van der Waals surface area (Å²) in [7, 11) is 0. The maximum Gasteiger partial charge on any atom is 0.261 e. The van der Waals surface area contributed by atoms with Crippen LogP contribution in [-0.2, 0) is 4.79 Å². The number of pyridine rings is 1. The maximum atomic E-state index is 15.0. The van der Waals surface area contributed by atoms with Gasteiger partial charge in [-0.15, -0.1) is 0 Å². The number of hydrogen-bond donors (Lipinski definition) is 1. The van der Waals surface area contributed by atoms with Crippen molar-refractivity contribution < 1.29 is 18.7 Å². The average molecular weight is 514 g/mol. The van der Waals surface area contributed by atoms with Crippen LogP contribution in [-0.4, -0.2) is 71.0 Å². The largest absolute Gasteiger partial charge is 0.489 e. The van der Waals surface area contributed by atoms with E-state index in [1.807, 2.05) is 0 Å². The summed E-state index contributed by atoms with van der Waals surface area (Å²) in [4.78, 5) is 36.5. The van der Waals surface area contributed by atoms with E-state index < -0.39 is 5.82 Å². The molecular formula is C26H29ClFN5O3. The van der Waals surface area contributed by atoms with Crippen LogP contribution in [0.1, 0.15) is 37.0 Å². The number of amides is 2. The van der Waals surface area contributed by atoms with Crippen LogP contribution in [0.3, 0.4) is 0 Å². The lowest BCUT2D eigenvalue weighted by Gasteiger charge is -2.40. The van der Waals surface area contributed by atoms with Crippen molar-refractivity contribution in [1.82, 2.24) is 14.8 Å². The highest BCUT2D eigenvalue weighted by molar-refractivity contribution is 6.35. The van der Waals surface area contributed by atoms with Gasteiger partial charge in [0.1, 0.15) is 34.5 Å². The van der Waals surface area contributed by atoms with Gasteiger partial charge in [0.25, 0.3) is 5.91 Å². The van der Waals surface area contributed by atoms with E-state index in [1.54, 1.807) is 15.9 Å². The zero-order valence-corrected chi connectivity index (χ0v) is 21.1. The molecule has 1 atom stereocenters. The molecule has 1 aromatic heterocycles. The van der Waals surface area contributed by atoms with Crippen LogP contribution in [0.4, 0.5) is 15.9 Å². The van der Waals surface area contributed by atoms with Gasteiger partial charge in [0.05, 0.1) is 11.6 Å². The number of nitrogens with zero attached hydrogens (tertiary/aromatic N) is 4. The summed E-state index contributed by atoms with van der Waals surface area (Å²) >= 11 is 6.82. The van der Waals surface area contributed by atoms with Gasteiger partial charge in [-0.1, -0.05) is 24.2 Å². The third-order valence-corrected chi connectivity index (χ3v) is 7.73. The zero-order valence-electron chi connectivity index (χ0n) is 20.4. The molecular weight excluding hydrogens is 485 g/mol. The quantitative estimate of drug-likeness (QED) is 0.496. The molecule has 2 fully saturated rings. The molecule has 1 aromatic carbocycles. The number of hydrogen-bond acceptors (Lipinski definition) is 6. The normalized spacial score (nSPS) is 20.9. The van der Waals surface area contributed by atoms with E-state index in [9.17, 15) is 9.59 Å². The summed E-state index contributed by atoms with van der Waals surface area (Å²) in [5, 5.41) is 0.0368. The lowest BCUT2D eigenvalue weighted by Crippen LogP contribution is -2.57. The SMILES string of the molecule is C=CC(=O)N1CCN2C(=O)c3c(N4CCCC4(C)C)nc(-c4c(N)cccc4F)c(Cl)c3OC[C@H]2C1. The average Bonchev–Trinajstić information content (AvgIpc) is 3.13. The fourth-order valence-corrected chi connectivity index (χ4v) is 5.71. The number of carbonyl (C=O) groups excluding carboxylic acids is 2. The summed E-state index contributed by atoms with van der Waals surface area (Å²) in [5.41, 5.74) is 6.53. The second kappa shape index (κ2) is 8.96. The number of piperazine rings is 1. The zero-order chi connectivity index (χ0) is 25.8. The molecule has 2 amide bonds. The highest BCUT2D eigenvalue weighted by Crippen LogP contribution is 2.47. The van der Waals surface area contributed by atoms with Gasteiger partial charge in [-0.25, -0.2) is 9.37 Å². The number of anilines is 2. The first-order chi connectivity index (χ1) is 17.1. The van der Waals surface area contributed by atoms with Crippen LogP contribution in [0.5, 0.6) is 5.75 Å². The Morgan fingerprint density at radius 2 is 2.08 bits per heavy atom. The number of ether oxygens (including phenoxy) is 1. The van der Waals surface area contributed by atoms with Crippen molar-refractivity contribution in [3.63, 3.8) is 0 Å². The predicted octanol–water partition coefficient (Wildman–Crippen LogP) is 3.73. The Balaban J connectivity index is 1.69. The molecule has 2 saturated heterocycles. The van der Waals surface area contributed by atoms with Crippen LogP contribution in [0, 0.1) is 5.82 Å². The molecule has 2 N–H and O–H groups in total. The Morgan fingerprint density at radius 1 is 1.31 bits per heavy atom. The van der Waals surface area contributed by atoms with Gasteiger partial charge >= 0.3 is 0 Å². The first-order valence-electron chi connectivity index (χ1n) is 12.0. The van der Waals surface area contributed by atoms with Gasteiger partial charge < -0.3 is 25.2 Å². The minimum Gasteiger partial charge on any atom is -0.489 e. The molecule has 0 spiro atoms. The van der Waals surface area contributed by atoms with Crippen molar-refractivity contribution in [1.29, 1.82) is 0 Å². The Hall–Kier alpha value is -3.33. The Kier molecular flexibility index (Phi) is 6.06. The van der Waals surface area contributed by atoms with Gasteiger partial charge in [-0.05, 0) is 44.9 Å². The summed E-state index contributed by atoms with van der Waals surface area (Å²) in [6.45, 7) is 9.58. The molecule has 36 heavy (non-hydrogen) atoms. The molecule has 5 rings (SSSR count). The minimum atomic E-state index is -0.563. The van der Waals surface area contributed by atoms with Crippen LogP contribution in [0.2, 0.25) is 5.02 Å². The summed E-state index contributed by atoms with van der Waals surface area (Å²) in [6.07, 6.45) is 3.09. The number of rotatable bonds is 3. The fraction of sp³-hybridized carbons (Fsp3) is 0.423. The lowest BCUT2D eigenvalue weighted by molar-refractivity contribution is -0.128. The third kappa shape index (κ3) is 3.86. The third-order valence-electron chi connectivity index (χ3n) is 7.38. The van der Waals surface area contributed by atoms with E-state index in [2.05, 4.69) is 25.3 Å². The van der Waals surface area contributed by atoms with Crippen LogP contribution >= 0.6 is 11.6 Å². The number of aromatic nitrogens is 1. The number of benzene rings is 1. The van der Waals surface area contributed by atoms with E-state index >= 15 is 4.39 Å². The minimum absolute atomic E-state index is 0.0368. The van der Waals surface area contributed by atoms with Crippen molar-refractivity contribution in [2.45, 2.75) is 38.3 Å². The van der Waals surface area contributed by atoms with Crippen LogP contribution in [0.15, 0.2) is 30.9 Å². The van der Waals surface area contributed by atoms with E-state index in [-0.39, 0.29) is 63.3 Å². The van der Waals surface area contributed by atoms with Gasteiger partial charge in [0.15, 0.2) is 5.75 Å². The maximum absolute atomic E-state index is 15.0. The fourth-order valence-electron chi connectivity index (χ4n) is 5.43. The van der Waals surface area contributed by atoms with Crippen molar-refractivity contribution in [3.05, 3.63) is 47.3 Å². The second-order valence-electron chi connectivity index (χ2n) is 10.0. The summed E-state index contributed by atoms with van der Waals surface area (Å²) < 4.78 is 21.2. The number of nitrogen functional groups attached to an aromatic ring is 1. The first kappa shape index (κ1) is 24.4. The monoisotopic (exact) mass is 513 g/mol. The number of halogens is 2. The second-order valence-corrected chi connectivity index (χ2v) is 10.4. The van der Waals surface area contributed by atoms with Crippen LogP contribution in [0.25, 0.3) is 11.3 Å². The van der Waals surface area contributed by atoms with Gasteiger partial charge in [-0.2, -0.15) is 0 Å². The van der Waals surface area contributed by atoms with Gasteiger partial charge in [0.2, 0.25) is 5.91 Å². The first-order valence-corrected chi connectivity index (χ1v) is 12.4. The molecule has 0 radical (unpaired) electrons. The molecule has 0 saturated carbocycles. The van der Waals surface area contributed by atoms with E-state index in [4.69, 9.17) is 27.1 Å². The van der Waals surface area contributed by atoms with E-state index in [1.165, 1.54) is 18.2 Å². The molecule has 0 unspecified atom stereocenters. The predicted molar refractivity (Wildman–Crippen MR) is 137 cm³/mol. The van der Waals surface area contributed by atoms with Crippen molar-refractivity contribution in [2.24, 2.45) is 0 Å². The molecule has 2 aromatic rings. The molecule has 10 heteroatoms. The van der Waals surface area contributed by atoms with Crippen LogP contribution < -0.4 is 15.4 Å². The highest BCUT2D eigenvalue weighted by Gasteiger charge is 2.43. The molecule has 3 aliphatic heterocycles. The topological polar surface area (TPSA) is 92.0 Å². The highest BCUT2D eigenvalue weighted by atomic mass is 35.5. The molecule has 0 aliphatic carbocycles. The molecule has 0 bridgehead atoms. The van der Waals surface area contributed by atoms with Crippen molar-refractivity contribution in [2.75, 3.05) is 43.4 Å². The summed E-state index contributed by atoms with van der Waals surface area (Å²) in [6, 6.07) is 4.02. The number of carbonyl (C=O) groups is 2. The Bertz CT molecular complexity index is 1250. The molecule has 8 nitrogen and oxygen atoms in total. The van der Waals surface area contributed by atoms with Crippen molar-refractivity contribution >= 4 is 34.9 Å². The van der Waals surface area contributed by atoms with E-state index in [0.29, 0.717) is 32.0 Å². The van der Waals surface area contributed by atoms with Gasteiger partial charge in [-0.3, -0.25) is 9.59 Å². The molecule has 4 heterocycles. The summed E-state index contributed by atoms with van der Waals surface area (Å²) in [5.74, 6) is -0.446. The molecule has 3 aliphatic rings. The van der Waals surface area contributed by atoms with E-state index in [0.717, 1.165) is 12.8 Å². The Morgan fingerprint density at radius 3 is 2.75 bits per heavy atom. The molecule has 190 valence electrons. The van der Waals surface area contributed by atoms with Gasteiger partial charge in [0, 0.05) is 37.4 Å². The van der Waals surface area contributed by atoms with Crippen molar-refractivity contribution in [3.8, 4) is 17.0 Å². The number of nitrogens with two attached hydrogens (primary N) is 1. The number of fused-ring (bicyclic) bond motifs is 2. The standard InChI is InChI=1S/C26H29ClFN5O3/c1-4-18(34)31-11-12-32-15(13-31)14-36-23-20(25(32)35)24(33-10-6-9-26(33,2)3)30-22(21(23)27)19-16(28)7-5-8-17(19)29/h4-5,7-8,15H,1,6,9-14,29H2,2-3H3/t15-/m1/s1. The lowest BCUT2D eigenvalue weighted by atomic mass is 10.0.